The SMILES string of the molecule is Cc1cc(C(=O)N2CCN(C(=O)C(C)C)CC2)ccc1[N+](=O)[O-]. The minimum atomic E-state index is -0.458. The molecule has 23 heavy (non-hydrogen) atoms. The Bertz CT molecular complexity index is 634. The summed E-state index contributed by atoms with van der Waals surface area (Å²) in [5, 5.41) is 10.8. The third-order valence-corrected chi connectivity index (χ3v) is 4.01. The van der Waals surface area contributed by atoms with Crippen molar-refractivity contribution in [1.29, 1.82) is 0 Å². The Labute approximate surface area is 135 Å². The van der Waals surface area contributed by atoms with E-state index in [1.54, 1.807) is 22.8 Å². The molecule has 0 bridgehead atoms. The molecule has 1 aliphatic rings. The Hall–Kier alpha value is -2.44. The molecule has 1 saturated heterocycles. The van der Waals surface area contributed by atoms with Crippen LogP contribution in [0.5, 0.6) is 0 Å². The number of amides is 2. The summed E-state index contributed by atoms with van der Waals surface area (Å²) in [6.07, 6.45) is 0. The van der Waals surface area contributed by atoms with Crippen molar-refractivity contribution >= 4 is 17.5 Å². The van der Waals surface area contributed by atoms with Gasteiger partial charge in [-0.2, -0.15) is 0 Å². The highest BCUT2D eigenvalue weighted by atomic mass is 16.6. The lowest BCUT2D eigenvalue weighted by Gasteiger charge is -2.35. The van der Waals surface area contributed by atoms with Gasteiger partial charge in [0.2, 0.25) is 5.91 Å². The zero-order valence-corrected chi connectivity index (χ0v) is 13.6. The maximum Gasteiger partial charge on any atom is 0.272 e. The lowest BCUT2D eigenvalue weighted by molar-refractivity contribution is -0.385. The fourth-order valence-electron chi connectivity index (χ4n) is 2.67. The number of piperazine rings is 1. The summed E-state index contributed by atoms with van der Waals surface area (Å²) in [5.74, 6) is -0.0995. The maximum atomic E-state index is 12.5. The van der Waals surface area contributed by atoms with Crippen LogP contribution >= 0.6 is 0 Å². The van der Waals surface area contributed by atoms with Crippen LogP contribution in [0, 0.1) is 23.0 Å². The smallest absolute Gasteiger partial charge is 0.272 e. The molecule has 0 aromatic heterocycles. The summed E-state index contributed by atoms with van der Waals surface area (Å²) in [4.78, 5) is 38.3. The van der Waals surface area contributed by atoms with Gasteiger partial charge in [0.1, 0.15) is 0 Å². The number of aryl methyl sites for hydroxylation is 1. The van der Waals surface area contributed by atoms with Crippen LogP contribution in [0.25, 0.3) is 0 Å². The second kappa shape index (κ2) is 6.76. The van der Waals surface area contributed by atoms with E-state index in [9.17, 15) is 19.7 Å². The van der Waals surface area contributed by atoms with Crippen molar-refractivity contribution in [2.45, 2.75) is 20.8 Å². The van der Waals surface area contributed by atoms with E-state index in [1.807, 2.05) is 13.8 Å². The van der Waals surface area contributed by atoms with Crippen molar-refractivity contribution in [3.05, 3.63) is 39.4 Å². The van der Waals surface area contributed by atoms with Crippen molar-refractivity contribution in [3.8, 4) is 0 Å². The maximum absolute atomic E-state index is 12.5. The fourth-order valence-corrected chi connectivity index (χ4v) is 2.67. The summed E-state index contributed by atoms with van der Waals surface area (Å²) < 4.78 is 0. The average Bonchev–Trinajstić information content (AvgIpc) is 2.53. The van der Waals surface area contributed by atoms with Crippen LogP contribution in [-0.4, -0.2) is 52.7 Å². The van der Waals surface area contributed by atoms with Crippen LogP contribution in [0.1, 0.15) is 29.8 Å². The number of nitro benzene ring substituents is 1. The molecule has 0 N–H and O–H groups in total. The van der Waals surface area contributed by atoms with Gasteiger partial charge in [-0.05, 0) is 19.1 Å². The molecule has 1 aliphatic heterocycles. The Morgan fingerprint density at radius 1 is 1.13 bits per heavy atom. The first kappa shape index (κ1) is 16.9. The third-order valence-electron chi connectivity index (χ3n) is 4.01. The van der Waals surface area contributed by atoms with Gasteiger partial charge in [0.15, 0.2) is 0 Å². The van der Waals surface area contributed by atoms with Gasteiger partial charge >= 0.3 is 0 Å². The van der Waals surface area contributed by atoms with E-state index in [0.29, 0.717) is 37.3 Å². The van der Waals surface area contributed by atoms with E-state index in [1.165, 1.54) is 12.1 Å². The normalized spacial score (nSPS) is 15.0. The highest BCUT2D eigenvalue weighted by Gasteiger charge is 2.26. The summed E-state index contributed by atoms with van der Waals surface area (Å²) in [5.41, 5.74) is 0.917. The highest BCUT2D eigenvalue weighted by Crippen LogP contribution is 2.20. The van der Waals surface area contributed by atoms with E-state index in [-0.39, 0.29) is 23.4 Å². The van der Waals surface area contributed by atoms with Crippen molar-refractivity contribution in [1.82, 2.24) is 9.80 Å². The Morgan fingerprint density at radius 3 is 2.17 bits per heavy atom. The van der Waals surface area contributed by atoms with Gasteiger partial charge in [0.25, 0.3) is 11.6 Å². The monoisotopic (exact) mass is 319 g/mol. The number of hydrogen-bond donors (Lipinski definition) is 0. The van der Waals surface area contributed by atoms with Gasteiger partial charge in [-0.15, -0.1) is 0 Å². The minimum Gasteiger partial charge on any atom is -0.339 e. The fraction of sp³-hybridized carbons (Fsp3) is 0.500. The summed E-state index contributed by atoms with van der Waals surface area (Å²) in [6, 6.07) is 4.40. The first-order valence-corrected chi connectivity index (χ1v) is 7.64. The number of benzene rings is 1. The van der Waals surface area contributed by atoms with Gasteiger partial charge in [-0.25, -0.2) is 0 Å². The lowest BCUT2D eigenvalue weighted by Crippen LogP contribution is -2.51. The quantitative estimate of drug-likeness (QED) is 0.628. The predicted octanol–water partition coefficient (Wildman–Crippen LogP) is 1.84. The van der Waals surface area contributed by atoms with Crippen molar-refractivity contribution in [3.63, 3.8) is 0 Å². The second-order valence-corrected chi connectivity index (χ2v) is 6.03. The topological polar surface area (TPSA) is 83.8 Å². The van der Waals surface area contributed by atoms with E-state index in [2.05, 4.69) is 0 Å². The van der Waals surface area contributed by atoms with Crippen LogP contribution in [0.4, 0.5) is 5.69 Å². The average molecular weight is 319 g/mol. The first-order valence-electron chi connectivity index (χ1n) is 7.64. The van der Waals surface area contributed by atoms with E-state index in [0.717, 1.165) is 0 Å². The molecule has 0 radical (unpaired) electrons. The molecule has 2 rings (SSSR count). The summed E-state index contributed by atoms with van der Waals surface area (Å²) in [7, 11) is 0. The molecule has 2 amide bonds. The summed E-state index contributed by atoms with van der Waals surface area (Å²) in [6.45, 7) is 7.34. The van der Waals surface area contributed by atoms with Crippen molar-refractivity contribution < 1.29 is 14.5 Å². The number of carbonyl (C=O) groups excluding carboxylic acids is 2. The molecule has 0 atom stereocenters. The van der Waals surface area contributed by atoms with E-state index >= 15 is 0 Å². The third kappa shape index (κ3) is 3.67. The standard InChI is InChI=1S/C16H21N3O4/c1-11(2)15(20)17-6-8-18(9-7-17)16(21)13-4-5-14(19(22)23)12(3)10-13/h4-5,10-11H,6-9H2,1-3H3. The molecular formula is C16H21N3O4. The van der Waals surface area contributed by atoms with Crippen LogP contribution in [0.3, 0.4) is 0 Å². The number of nitro groups is 1. The minimum absolute atomic E-state index is 0.00824. The molecule has 0 aliphatic carbocycles. The largest absolute Gasteiger partial charge is 0.339 e. The van der Waals surface area contributed by atoms with Gasteiger partial charge < -0.3 is 9.80 Å². The highest BCUT2D eigenvalue weighted by molar-refractivity contribution is 5.95. The molecule has 7 heteroatoms. The van der Waals surface area contributed by atoms with Gasteiger partial charge in [-0.3, -0.25) is 19.7 Å². The zero-order valence-electron chi connectivity index (χ0n) is 13.6. The second-order valence-electron chi connectivity index (χ2n) is 6.03. The van der Waals surface area contributed by atoms with Gasteiger partial charge in [0.05, 0.1) is 4.92 Å². The number of hydrogen-bond acceptors (Lipinski definition) is 4. The van der Waals surface area contributed by atoms with E-state index in [4.69, 9.17) is 0 Å². The van der Waals surface area contributed by atoms with Crippen molar-refractivity contribution in [2.24, 2.45) is 5.92 Å². The lowest BCUT2D eigenvalue weighted by atomic mass is 10.1. The Morgan fingerprint density at radius 2 is 1.70 bits per heavy atom. The summed E-state index contributed by atoms with van der Waals surface area (Å²) >= 11 is 0. The molecule has 1 heterocycles. The van der Waals surface area contributed by atoms with Crippen LogP contribution in [0.2, 0.25) is 0 Å². The molecule has 1 aromatic rings. The molecule has 0 unspecified atom stereocenters. The first-order chi connectivity index (χ1) is 10.8. The molecule has 1 fully saturated rings. The van der Waals surface area contributed by atoms with Gasteiger partial charge in [0, 0.05) is 49.3 Å². The van der Waals surface area contributed by atoms with E-state index < -0.39 is 4.92 Å². The molecule has 0 spiro atoms. The predicted molar refractivity (Wildman–Crippen MR) is 85.2 cm³/mol. The number of carbonyl (C=O) groups is 2. The van der Waals surface area contributed by atoms with Crippen LogP contribution < -0.4 is 0 Å². The molecule has 1 aromatic carbocycles. The number of nitrogens with zero attached hydrogens (tertiary/aromatic N) is 3. The zero-order chi connectivity index (χ0) is 17.1. The van der Waals surface area contributed by atoms with Gasteiger partial charge in [-0.1, -0.05) is 13.8 Å². The molecule has 7 nitrogen and oxygen atoms in total. The Balaban J connectivity index is 2.04. The molecule has 0 saturated carbocycles. The van der Waals surface area contributed by atoms with Crippen molar-refractivity contribution in [2.75, 3.05) is 26.2 Å². The number of rotatable bonds is 3. The van der Waals surface area contributed by atoms with Crippen LogP contribution in [0.15, 0.2) is 18.2 Å². The van der Waals surface area contributed by atoms with Crippen LogP contribution in [-0.2, 0) is 4.79 Å². The Kier molecular flexibility index (Phi) is 4.98. The molecular weight excluding hydrogens is 298 g/mol. The molecule has 124 valence electrons.